The van der Waals surface area contributed by atoms with Crippen LogP contribution in [0.15, 0.2) is 41.1 Å². The van der Waals surface area contributed by atoms with Crippen LogP contribution in [0.3, 0.4) is 0 Å². The van der Waals surface area contributed by atoms with Crippen molar-refractivity contribution in [2.75, 3.05) is 0 Å². The molecule has 1 unspecified atom stereocenters. The summed E-state index contributed by atoms with van der Waals surface area (Å²) in [4.78, 5) is 0. The summed E-state index contributed by atoms with van der Waals surface area (Å²) >= 11 is 8.10. The molecule has 0 spiro atoms. The first kappa shape index (κ1) is 11.7. The molecule has 0 aliphatic rings. The molecule has 0 nitrogen and oxygen atoms in total. The van der Waals surface area contributed by atoms with Crippen LogP contribution in [0, 0.1) is 0 Å². The van der Waals surface area contributed by atoms with Crippen molar-refractivity contribution in [2.24, 2.45) is 0 Å². The molecule has 0 aliphatic heterocycles. The van der Waals surface area contributed by atoms with Crippen molar-refractivity contribution in [3.05, 3.63) is 57.8 Å². The molecule has 2 rings (SSSR count). The lowest BCUT2D eigenvalue weighted by atomic mass is 10.0. The fraction of sp³-hybridized carbons (Fsp3) is 0.286. The van der Waals surface area contributed by atoms with E-state index < -0.39 is 0 Å². The lowest BCUT2D eigenvalue weighted by Crippen LogP contribution is -1.92. The summed E-state index contributed by atoms with van der Waals surface area (Å²) in [5, 5.41) is 4.16. The zero-order valence-electron chi connectivity index (χ0n) is 9.32. The fourth-order valence-electron chi connectivity index (χ4n) is 1.75. The summed E-state index contributed by atoms with van der Waals surface area (Å²) < 4.78 is 0. The van der Waals surface area contributed by atoms with Crippen molar-refractivity contribution < 1.29 is 0 Å². The van der Waals surface area contributed by atoms with Gasteiger partial charge in [-0.05, 0) is 39.9 Å². The van der Waals surface area contributed by atoms with Gasteiger partial charge in [-0.2, -0.15) is 11.3 Å². The Morgan fingerprint density at radius 2 is 1.88 bits per heavy atom. The zero-order valence-corrected chi connectivity index (χ0v) is 10.9. The molecule has 0 saturated carbocycles. The van der Waals surface area contributed by atoms with Gasteiger partial charge in [0.2, 0.25) is 0 Å². The van der Waals surface area contributed by atoms with Gasteiger partial charge in [-0.3, -0.25) is 0 Å². The highest BCUT2D eigenvalue weighted by molar-refractivity contribution is 7.08. The van der Waals surface area contributed by atoms with Crippen LogP contribution in [0.2, 0.25) is 0 Å². The van der Waals surface area contributed by atoms with E-state index >= 15 is 0 Å². The SMILES string of the molecule is CCCc1ccc(C(Cl)c2ccsc2)cc1. The Balaban J connectivity index is 2.15. The van der Waals surface area contributed by atoms with Crippen molar-refractivity contribution in [3.63, 3.8) is 0 Å². The highest BCUT2D eigenvalue weighted by atomic mass is 35.5. The molecule has 2 heteroatoms. The van der Waals surface area contributed by atoms with E-state index in [4.69, 9.17) is 11.6 Å². The van der Waals surface area contributed by atoms with E-state index in [0.717, 1.165) is 6.42 Å². The van der Waals surface area contributed by atoms with Crippen LogP contribution in [-0.4, -0.2) is 0 Å². The molecule has 0 saturated heterocycles. The molecule has 0 N–H and O–H groups in total. The number of hydrogen-bond donors (Lipinski definition) is 0. The van der Waals surface area contributed by atoms with Gasteiger partial charge in [0, 0.05) is 0 Å². The second-order valence-electron chi connectivity index (χ2n) is 3.91. The highest BCUT2D eigenvalue weighted by Crippen LogP contribution is 2.30. The number of halogens is 1. The van der Waals surface area contributed by atoms with Crippen LogP contribution >= 0.6 is 22.9 Å². The molecule has 1 atom stereocenters. The first-order valence-corrected chi connectivity index (χ1v) is 6.94. The van der Waals surface area contributed by atoms with Crippen LogP contribution < -0.4 is 0 Å². The molecular weight excluding hydrogens is 236 g/mol. The lowest BCUT2D eigenvalue weighted by Gasteiger charge is -2.08. The molecule has 1 heterocycles. The third-order valence-corrected chi connectivity index (χ3v) is 3.85. The molecule has 0 radical (unpaired) electrons. The average Bonchev–Trinajstić information content (AvgIpc) is 2.83. The topological polar surface area (TPSA) is 0 Å². The summed E-state index contributed by atoms with van der Waals surface area (Å²) in [6.07, 6.45) is 2.33. The quantitative estimate of drug-likeness (QED) is 0.668. The molecular formula is C14H15ClS. The van der Waals surface area contributed by atoms with Crippen molar-refractivity contribution in [1.82, 2.24) is 0 Å². The molecule has 84 valence electrons. The summed E-state index contributed by atoms with van der Waals surface area (Å²) in [6, 6.07) is 10.7. The van der Waals surface area contributed by atoms with Crippen LogP contribution in [-0.2, 0) is 6.42 Å². The molecule has 0 bridgehead atoms. The summed E-state index contributed by atoms with van der Waals surface area (Å²) in [7, 11) is 0. The number of aryl methyl sites for hydroxylation is 1. The van der Waals surface area contributed by atoms with E-state index in [9.17, 15) is 0 Å². The number of rotatable bonds is 4. The molecule has 0 fully saturated rings. The van der Waals surface area contributed by atoms with E-state index in [2.05, 4.69) is 48.0 Å². The van der Waals surface area contributed by atoms with Gasteiger partial charge in [0.25, 0.3) is 0 Å². The monoisotopic (exact) mass is 250 g/mol. The summed E-state index contributed by atoms with van der Waals surface area (Å²) in [6.45, 7) is 2.20. The second-order valence-corrected chi connectivity index (χ2v) is 5.13. The van der Waals surface area contributed by atoms with Crippen LogP contribution in [0.25, 0.3) is 0 Å². The van der Waals surface area contributed by atoms with Gasteiger partial charge in [0.05, 0.1) is 5.38 Å². The Bertz CT molecular complexity index is 417. The minimum Gasteiger partial charge on any atom is -0.152 e. The van der Waals surface area contributed by atoms with Gasteiger partial charge < -0.3 is 0 Å². The predicted octanol–water partition coefficient (Wildman–Crippen LogP) is 5.03. The minimum absolute atomic E-state index is 0.0121. The van der Waals surface area contributed by atoms with E-state index in [0.29, 0.717) is 0 Å². The minimum atomic E-state index is -0.0121. The Morgan fingerprint density at radius 1 is 1.12 bits per heavy atom. The van der Waals surface area contributed by atoms with Crippen molar-refractivity contribution in [3.8, 4) is 0 Å². The summed E-state index contributed by atoms with van der Waals surface area (Å²) in [5.41, 5.74) is 3.76. The number of alkyl halides is 1. The van der Waals surface area contributed by atoms with Gasteiger partial charge in [-0.1, -0.05) is 37.6 Å². The maximum absolute atomic E-state index is 6.41. The molecule has 1 aromatic carbocycles. The second kappa shape index (κ2) is 5.51. The van der Waals surface area contributed by atoms with Gasteiger partial charge in [0.1, 0.15) is 0 Å². The average molecular weight is 251 g/mol. The van der Waals surface area contributed by atoms with Gasteiger partial charge in [-0.15, -0.1) is 11.6 Å². The van der Waals surface area contributed by atoms with E-state index in [1.807, 2.05) is 0 Å². The van der Waals surface area contributed by atoms with Gasteiger partial charge >= 0.3 is 0 Å². The Labute approximate surface area is 106 Å². The normalized spacial score (nSPS) is 12.6. The number of hydrogen-bond acceptors (Lipinski definition) is 1. The molecule has 2 aromatic rings. The molecule has 0 amide bonds. The fourth-order valence-corrected chi connectivity index (χ4v) is 2.80. The van der Waals surface area contributed by atoms with E-state index in [1.54, 1.807) is 11.3 Å². The highest BCUT2D eigenvalue weighted by Gasteiger charge is 2.10. The van der Waals surface area contributed by atoms with Gasteiger partial charge in [-0.25, -0.2) is 0 Å². The van der Waals surface area contributed by atoms with E-state index in [-0.39, 0.29) is 5.38 Å². The van der Waals surface area contributed by atoms with Crippen LogP contribution in [0.4, 0.5) is 0 Å². The number of benzene rings is 1. The number of thiophene rings is 1. The zero-order chi connectivity index (χ0) is 11.4. The molecule has 1 aromatic heterocycles. The predicted molar refractivity (Wildman–Crippen MR) is 72.5 cm³/mol. The third kappa shape index (κ3) is 2.66. The maximum atomic E-state index is 6.41. The Kier molecular flexibility index (Phi) is 4.03. The van der Waals surface area contributed by atoms with E-state index in [1.165, 1.54) is 23.1 Å². The van der Waals surface area contributed by atoms with Crippen LogP contribution in [0.5, 0.6) is 0 Å². The smallest absolute Gasteiger partial charge is 0.0843 e. The van der Waals surface area contributed by atoms with Crippen molar-refractivity contribution >= 4 is 22.9 Å². The first-order chi connectivity index (χ1) is 7.81. The largest absolute Gasteiger partial charge is 0.152 e. The van der Waals surface area contributed by atoms with Crippen molar-refractivity contribution in [2.45, 2.75) is 25.1 Å². The standard InChI is InChI=1S/C14H15ClS/c1-2-3-11-4-6-12(7-5-11)14(15)13-8-9-16-10-13/h4-10,14H,2-3H2,1H3. The lowest BCUT2D eigenvalue weighted by molar-refractivity contribution is 0.920. The van der Waals surface area contributed by atoms with Crippen LogP contribution in [0.1, 0.15) is 35.4 Å². The molecule has 0 aliphatic carbocycles. The Morgan fingerprint density at radius 3 is 2.44 bits per heavy atom. The Hall–Kier alpha value is -0.790. The van der Waals surface area contributed by atoms with Crippen molar-refractivity contribution in [1.29, 1.82) is 0 Å². The molecule has 16 heavy (non-hydrogen) atoms. The first-order valence-electron chi connectivity index (χ1n) is 5.56. The maximum Gasteiger partial charge on any atom is 0.0843 e. The third-order valence-electron chi connectivity index (χ3n) is 2.65. The van der Waals surface area contributed by atoms with Gasteiger partial charge in [0.15, 0.2) is 0 Å². The summed E-state index contributed by atoms with van der Waals surface area (Å²) in [5.74, 6) is 0.